The number of hydrogen-bond acceptors (Lipinski definition) is 7. The first kappa shape index (κ1) is 23.4. The van der Waals surface area contributed by atoms with Crippen LogP contribution in [0.1, 0.15) is 31.0 Å². The normalized spacial score (nSPS) is 17.2. The molecule has 1 fully saturated rings. The van der Waals surface area contributed by atoms with Crippen molar-refractivity contribution in [3.63, 3.8) is 0 Å². The predicted octanol–water partition coefficient (Wildman–Crippen LogP) is 4.04. The Balaban J connectivity index is 1.52. The van der Waals surface area contributed by atoms with Crippen LogP contribution in [-0.2, 0) is 23.0 Å². The third kappa shape index (κ3) is 4.63. The molecule has 35 heavy (non-hydrogen) atoms. The minimum absolute atomic E-state index is 0.0433. The van der Waals surface area contributed by atoms with E-state index in [0.29, 0.717) is 18.2 Å². The highest BCUT2D eigenvalue weighted by Gasteiger charge is 2.33. The highest BCUT2D eigenvalue weighted by molar-refractivity contribution is 7.89. The number of nitrogens with zero attached hydrogens (tertiary/aromatic N) is 5. The summed E-state index contributed by atoms with van der Waals surface area (Å²) in [5.41, 5.74) is 2.51. The number of benzene rings is 2. The molecular weight excluding hydrogens is 466 g/mol. The molecule has 1 saturated heterocycles. The van der Waals surface area contributed by atoms with Gasteiger partial charge in [-0.05, 0) is 30.9 Å². The second kappa shape index (κ2) is 9.35. The number of rotatable bonds is 5. The molecule has 2 aliphatic heterocycles. The first-order chi connectivity index (χ1) is 16.8. The van der Waals surface area contributed by atoms with Crippen LogP contribution >= 0.6 is 0 Å². The SMILES string of the molecule is CC1CCN(c2nc(-c3ccccc3)nc3c2CN(S(=O)(=O)c2ccc([N+](=O)[O-])cc2)CC3)CC1. The summed E-state index contributed by atoms with van der Waals surface area (Å²) in [7, 11) is -3.83. The van der Waals surface area contributed by atoms with Crippen LogP contribution in [0.4, 0.5) is 11.5 Å². The fourth-order valence-corrected chi connectivity index (χ4v) is 6.07. The van der Waals surface area contributed by atoms with Gasteiger partial charge in [-0.2, -0.15) is 4.31 Å². The average Bonchev–Trinajstić information content (AvgIpc) is 2.88. The molecule has 9 nitrogen and oxygen atoms in total. The van der Waals surface area contributed by atoms with E-state index in [1.54, 1.807) is 0 Å². The van der Waals surface area contributed by atoms with Gasteiger partial charge in [0.15, 0.2) is 5.82 Å². The van der Waals surface area contributed by atoms with Gasteiger partial charge in [0.25, 0.3) is 5.69 Å². The molecule has 0 saturated carbocycles. The van der Waals surface area contributed by atoms with Crippen LogP contribution in [0.3, 0.4) is 0 Å². The van der Waals surface area contributed by atoms with Crippen LogP contribution in [0.2, 0.25) is 0 Å². The Kier molecular flexibility index (Phi) is 6.24. The summed E-state index contributed by atoms with van der Waals surface area (Å²) < 4.78 is 28.2. The molecule has 0 N–H and O–H groups in total. The van der Waals surface area contributed by atoms with E-state index in [0.717, 1.165) is 48.6 Å². The van der Waals surface area contributed by atoms with Gasteiger partial charge in [-0.3, -0.25) is 10.1 Å². The molecule has 0 atom stereocenters. The van der Waals surface area contributed by atoms with Crippen molar-refractivity contribution in [2.75, 3.05) is 24.5 Å². The van der Waals surface area contributed by atoms with Crippen molar-refractivity contribution in [1.82, 2.24) is 14.3 Å². The number of fused-ring (bicyclic) bond motifs is 1. The average molecular weight is 494 g/mol. The first-order valence-corrected chi connectivity index (χ1v) is 13.2. The Morgan fingerprint density at radius 2 is 1.66 bits per heavy atom. The highest BCUT2D eigenvalue weighted by Crippen LogP contribution is 2.34. The second-order valence-electron chi connectivity index (χ2n) is 9.17. The molecule has 5 rings (SSSR count). The number of nitro benzene ring substituents is 1. The van der Waals surface area contributed by atoms with Gasteiger partial charge in [0, 0.05) is 55.9 Å². The fraction of sp³-hybridized carbons (Fsp3) is 0.360. The molecule has 0 unspecified atom stereocenters. The highest BCUT2D eigenvalue weighted by atomic mass is 32.2. The number of aromatic nitrogens is 2. The molecule has 0 aliphatic carbocycles. The zero-order valence-electron chi connectivity index (χ0n) is 19.5. The van der Waals surface area contributed by atoms with Crippen LogP contribution < -0.4 is 4.90 Å². The Morgan fingerprint density at radius 3 is 2.31 bits per heavy atom. The van der Waals surface area contributed by atoms with E-state index in [1.807, 2.05) is 30.3 Å². The summed E-state index contributed by atoms with van der Waals surface area (Å²) in [6.07, 6.45) is 2.59. The zero-order valence-corrected chi connectivity index (χ0v) is 20.3. The number of sulfonamides is 1. The lowest BCUT2D eigenvalue weighted by atomic mass is 9.98. The third-order valence-electron chi connectivity index (χ3n) is 6.80. The largest absolute Gasteiger partial charge is 0.356 e. The van der Waals surface area contributed by atoms with Crippen molar-refractivity contribution in [2.24, 2.45) is 5.92 Å². The van der Waals surface area contributed by atoms with Gasteiger partial charge < -0.3 is 4.90 Å². The number of anilines is 1. The number of non-ortho nitro benzene ring substituents is 1. The summed E-state index contributed by atoms with van der Waals surface area (Å²) in [4.78, 5) is 22.5. The predicted molar refractivity (Wildman–Crippen MR) is 132 cm³/mol. The van der Waals surface area contributed by atoms with E-state index >= 15 is 0 Å². The Morgan fingerprint density at radius 1 is 0.971 bits per heavy atom. The fourth-order valence-electron chi connectivity index (χ4n) is 4.66. The Hall–Kier alpha value is -3.37. The van der Waals surface area contributed by atoms with E-state index in [4.69, 9.17) is 9.97 Å². The molecule has 10 heteroatoms. The van der Waals surface area contributed by atoms with E-state index in [9.17, 15) is 18.5 Å². The first-order valence-electron chi connectivity index (χ1n) is 11.8. The number of nitro groups is 1. The molecule has 3 aromatic rings. The van der Waals surface area contributed by atoms with Gasteiger partial charge in [-0.1, -0.05) is 37.3 Å². The molecule has 0 bridgehead atoms. The van der Waals surface area contributed by atoms with Crippen LogP contribution in [-0.4, -0.2) is 47.2 Å². The van der Waals surface area contributed by atoms with E-state index in [1.165, 1.54) is 28.6 Å². The van der Waals surface area contributed by atoms with Crippen molar-refractivity contribution in [2.45, 2.75) is 37.6 Å². The van der Waals surface area contributed by atoms with Crippen molar-refractivity contribution in [3.05, 3.63) is 76.0 Å². The van der Waals surface area contributed by atoms with Crippen molar-refractivity contribution >= 4 is 21.5 Å². The van der Waals surface area contributed by atoms with E-state index < -0.39 is 14.9 Å². The summed E-state index contributed by atoms with van der Waals surface area (Å²) >= 11 is 0. The maximum atomic E-state index is 13.4. The maximum Gasteiger partial charge on any atom is 0.269 e. The summed E-state index contributed by atoms with van der Waals surface area (Å²) in [6.45, 7) is 4.45. The second-order valence-corrected chi connectivity index (χ2v) is 11.1. The number of piperidine rings is 1. The topological polar surface area (TPSA) is 110 Å². The molecular formula is C25H27N5O4S. The van der Waals surface area contributed by atoms with E-state index in [2.05, 4.69) is 11.8 Å². The zero-order chi connectivity index (χ0) is 24.6. The van der Waals surface area contributed by atoms with Crippen molar-refractivity contribution in [3.8, 4) is 11.4 Å². The smallest absolute Gasteiger partial charge is 0.269 e. The van der Waals surface area contributed by atoms with Gasteiger partial charge in [0.05, 0.1) is 15.5 Å². The quantitative estimate of drug-likeness (QED) is 0.390. The lowest BCUT2D eigenvalue weighted by Crippen LogP contribution is -2.39. The van der Waals surface area contributed by atoms with Gasteiger partial charge in [0.2, 0.25) is 10.0 Å². The molecule has 3 heterocycles. The lowest BCUT2D eigenvalue weighted by molar-refractivity contribution is -0.384. The molecule has 0 spiro atoms. The molecule has 1 aromatic heterocycles. The molecule has 182 valence electrons. The van der Waals surface area contributed by atoms with Gasteiger partial charge in [-0.25, -0.2) is 18.4 Å². The molecule has 2 aromatic carbocycles. The monoisotopic (exact) mass is 493 g/mol. The number of hydrogen-bond donors (Lipinski definition) is 0. The van der Waals surface area contributed by atoms with Gasteiger partial charge in [-0.15, -0.1) is 0 Å². The molecule has 0 radical (unpaired) electrons. The van der Waals surface area contributed by atoms with E-state index in [-0.39, 0.29) is 23.7 Å². The summed E-state index contributed by atoms with van der Waals surface area (Å²) in [6, 6.07) is 14.9. The minimum atomic E-state index is -3.83. The lowest BCUT2D eigenvalue weighted by Gasteiger charge is -2.35. The Labute approximate surface area is 204 Å². The van der Waals surface area contributed by atoms with Gasteiger partial charge in [0.1, 0.15) is 5.82 Å². The Bertz CT molecular complexity index is 1340. The minimum Gasteiger partial charge on any atom is -0.356 e. The van der Waals surface area contributed by atoms with Crippen LogP contribution in [0, 0.1) is 16.0 Å². The van der Waals surface area contributed by atoms with Crippen molar-refractivity contribution < 1.29 is 13.3 Å². The molecule has 0 amide bonds. The third-order valence-corrected chi connectivity index (χ3v) is 8.66. The van der Waals surface area contributed by atoms with Crippen LogP contribution in [0.5, 0.6) is 0 Å². The van der Waals surface area contributed by atoms with Crippen LogP contribution in [0.25, 0.3) is 11.4 Å². The molecule has 2 aliphatic rings. The summed E-state index contributed by atoms with van der Waals surface area (Å²) in [5, 5.41) is 11.0. The maximum absolute atomic E-state index is 13.4. The standard InChI is InChI=1S/C25H27N5O4S/c1-18-11-14-28(15-12-18)25-22-17-29(35(33,34)21-9-7-20(8-10-21)30(31)32)16-13-23(22)26-24(27-25)19-5-3-2-4-6-19/h2-10,18H,11-17H2,1H3. The van der Waals surface area contributed by atoms with Crippen LogP contribution in [0.15, 0.2) is 59.5 Å². The summed E-state index contributed by atoms with van der Waals surface area (Å²) in [5.74, 6) is 2.12. The van der Waals surface area contributed by atoms with Crippen molar-refractivity contribution in [1.29, 1.82) is 0 Å². The van der Waals surface area contributed by atoms with Gasteiger partial charge >= 0.3 is 0 Å².